The maximum absolute atomic E-state index is 12.9. The van der Waals surface area contributed by atoms with E-state index in [4.69, 9.17) is 4.74 Å². The van der Waals surface area contributed by atoms with Crippen molar-refractivity contribution in [2.24, 2.45) is 7.05 Å². The molecule has 2 rings (SSSR count). The Kier molecular flexibility index (Phi) is 6.61. The number of halogens is 3. The molecule has 0 radical (unpaired) electrons. The third-order valence-corrected chi connectivity index (χ3v) is 3.69. The van der Waals surface area contributed by atoms with Gasteiger partial charge in [-0.25, -0.2) is 14.3 Å². The summed E-state index contributed by atoms with van der Waals surface area (Å²) in [5.74, 6) is 0.107. The van der Waals surface area contributed by atoms with Crippen LogP contribution in [0.1, 0.15) is 5.56 Å². The Hall–Kier alpha value is -2.82. The summed E-state index contributed by atoms with van der Waals surface area (Å²) in [6.45, 7) is 0.903. The molecule has 8 nitrogen and oxygen atoms in total. The van der Waals surface area contributed by atoms with Crippen molar-refractivity contribution in [1.82, 2.24) is 25.0 Å². The van der Waals surface area contributed by atoms with Gasteiger partial charge in [0.05, 0.1) is 18.7 Å². The van der Waals surface area contributed by atoms with Gasteiger partial charge in [0.25, 0.3) is 0 Å². The zero-order chi connectivity index (χ0) is 20.0. The van der Waals surface area contributed by atoms with Crippen LogP contribution in [0, 0.1) is 0 Å². The van der Waals surface area contributed by atoms with E-state index in [2.05, 4.69) is 15.7 Å². The molecule has 148 valence electrons. The molecule has 1 aromatic carbocycles. The quantitative estimate of drug-likeness (QED) is 0.699. The SMILES string of the molecule is COCCNC(=O)NCCn1nc(-c2cccc(C(F)(F)F)c2)n(C)c1=O. The van der Waals surface area contributed by atoms with Crippen LogP contribution in [0.15, 0.2) is 29.1 Å². The number of nitrogens with one attached hydrogen (secondary N) is 2. The van der Waals surface area contributed by atoms with Gasteiger partial charge in [-0.2, -0.15) is 13.2 Å². The van der Waals surface area contributed by atoms with Crippen LogP contribution in [-0.4, -0.2) is 47.2 Å². The first kappa shape index (κ1) is 20.5. The highest BCUT2D eigenvalue weighted by Gasteiger charge is 2.30. The van der Waals surface area contributed by atoms with Crippen molar-refractivity contribution < 1.29 is 22.7 Å². The summed E-state index contributed by atoms with van der Waals surface area (Å²) in [6.07, 6.45) is -4.49. The van der Waals surface area contributed by atoms with Gasteiger partial charge >= 0.3 is 17.9 Å². The van der Waals surface area contributed by atoms with Crippen LogP contribution >= 0.6 is 0 Å². The van der Waals surface area contributed by atoms with Crippen LogP contribution in [-0.2, 0) is 24.5 Å². The van der Waals surface area contributed by atoms with Crippen LogP contribution in [0.2, 0.25) is 0 Å². The number of aromatic nitrogens is 3. The zero-order valence-corrected chi connectivity index (χ0v) is 14.8. The molecule has 0 aliphatic heterocycles. The lowest BCUT2D eigenvalue weighted by molar-refractivity contribution is -0.137. The number of urea groups is 1. The lowest BCUT2D eigenvalue weighted by atomic mass is 10.1. The number of amides is 2. The van der Waals surface area contributed by atoms with Gasteiger partial charge in [-0.15, -0.1) is 5.10 Å². The Morgan fingerprint density at radius 2 is 1.96 bits per heavy atom. The monoisotopic (exact) mass is 387 g/mol. The van der Waals surface area contributed by atoms with E-state index in [0.29, 0.717) is 13.2 Å². The van der Waals surface area contributed by atoms with Crippen molar-refractivity contribution in [2.45, 2.75) is 12.7 Å². The molecule has 0 bridgehead atoms. The summed E-state index contributed by atoms with van der Waals surface area (Å²) in [5.41, 5.74) is -1.14. The predicted molar refractivity (Wildman–Crippen MR) is 91.2 cm³/mol. The van der Waals surface area contributed by atoms with Crippen molar-refractivity contribution in [3.8, 4) is 11.4 Å². The highest BCUT2D eigenvalue weighted by atomic mass is 19.4. The normalized spacial score (nSPS) is 11.4. The molecule has 0 saturated heterocycles. The number of alkyl halides is 3. The van der Waals surface area contributed by atoms with E-state index in [-0.39, 0.29) is 24.5 Å². The third kappa shape index (κ3) is 5.33. The molecular formula is C16H20F3N5O3. The molecule has 0 unspecified atom stereocenters. The second-order valence-electron chi connectivity index (χ2n) is 5.64. The first-order chi connectivity index (χ1) is 12.7. The largest absolute Gasteiger partial charge is 0.416 e. The number of ether oxygens (including phenoxy) is 1. The minimum absolute atomic E-state index is 0.0728. The van der Waals surface area contributed by atoms with E-state index >= 15 is 0 Å². The second kappa shape index (κ2) is 8.71. The van der Waals surface area contributed by atoms with E-state index in [1.807, 2.05) is 0 Å². The van der Waals surface area contributed by atoms with E-state index in [1.54, 1.807) is 0 Å². The van der Waals surface area contributed by atoms with Crippen LogP contribution in [0.4, 0.5) is 18.0 Å². The minimum atomic E-state index is -4.49. The van der Waals surface area contributed by atoms with E-state index in [0.717, 1.165) is 21.4 Å². The Bertz CT molecular complexity index is 845. The van der Waals surface area contributed by atoms with Crippen LogP contribution < -0.4 is 16.3 Å². The van der Waals surface area contributed by atoms with Crippen LogP contribution in [0.3, 0.4) is 0 Å². The fourth-order valence-corrected chi connectivity index (χ4v) is 2.32. The smallest absolute Gasteiger partial charge is 0.383 e. The number of benzene rings is 1. The van der Waals surface area contributed by atoms with E-state index < -0.39 is 23.5 Å². The standard InChI is InChI=1S/C16H20F3N5O3/c1-23-13(11-4-3-5-12(10-11)16(17,18)19)22-24(15(23)26)8-6-20-14(25)21-7-9-27-2/h3-5,10H,6-9H2,1-2H3,(H2,20,21,25). The number of methoxy groups -OCH3 is 1. The molecule has 27 heavy (non-hydrogen) atoms. The van der Waals surface area contributed by atoms with Crippen LogP contribution in [0.25, 0.3) is 11.4 Å². The fraction of sp³-hybridized carbons (Fsp3) is 0.438. The lowest BCUT2D eigenvalue weighted by Gasteiger charge is -2.08. The molecule has 0 spiro atoms. The minimum Gasteiger partial charge on any atom is -0.383 e. The van der Waals surface area contributed by atoms with Gasteiger partial charge in [-0.05, 0) is 12.1 Å². The van der Waals surface area contributed by atoms with Crippen molar-refractivity contribution in [3.05, 3.63) is 40.3 Å². The fourth-order valence-electron chi connectivity index (χ4n) is 2.32. The lowest BCUT2D eigenvalue weighted by Crippen LogP contribution is -2.39. The number of rotatable bonds is 7. The third-order valence-electron chi connectivity index (χ3n) is 3.69. The van der Waals surface area contributed by atoms with Crippen LogP contribution in [0.5, 0.6) is 0 Å². The highest BCUT2D eigenvalue weighted by molar-refractivity contribution is 5.73. The summed E-state index contributed by atoms with van der Waals surface area (Å²) in [5, 5.41) is 9.19. The van der Waals surface area contributed by atoms with Gasteiger partial charge in [-0.1, -0.05) is 12.1 Å². The number of hydrogen-bond donors (Lipinski definition) is 2. The number of carbonyl (C=O) groups excluding carboxylic acids is 1. The molecule has 11 heteroatoms. The molecule has 0 aliphatic rings. The number of carbonyl (C=O) groups is 1. The van der Waals surface area contributed by atoms with Crippen molar-refractivity contribution >= 4 is 6.03 Å². The second-order valence-corrected chi connectivity index (χ2v) is 5.64. The van der Waals surface area contributed by atoms with Gasteiger partial charge in [0.1, 0.15) is 0 Å². The molecule has 0 atom stereocenters. The van der Waals surface area contributed by atoms with Crippen molar-refractivity contribution in [3.63, 3.8) is 0 Å². The van der Waals surface area contributed by atoms with Gasteiger partial charge in [0, 0.05) is 32.8 Å². The van der Waals surface area contributed by atoms with Crippen molar-refractivity contribution in [2.75, 3.05) is 26.8 Å². The predicted octanol–water partition coefficient (Wildman–Crippen LogP) is 1.21. The maximum atomic E-state index is 12.9. The van der Waals surface area contributed by atoms with Gasteiger partial charge in [0.2, 0.25) is 0 Å². The average molecular weight is 387 g/mol. The first-order valence-corrected chi connectivity index (χ1v) is 8.06. The Labute approximate surface area is 152 Å². The molecule has 2 amide bonds. The summed E-state index contributed by atoms with van der Waals surface area (Å²) < 4.78 is 45.7. The summed E-state index contributed by atoms with van der Waals surface area (Å²) in [6, 6.07) is 4.17. The van der Waals surface area contributed by atoms with Gasteiger partial charge in [-0.3, -0.25) is 4.57 Å². The maximum Gasteiger partial charge on any atom is 0.416 e. The Morgan fingerprint density at radius 1 is 1.26 bits per heavy atom. The van der Waals surface area contributed by atoms with Gasteiger partial charge in [0.15, 0.2) is 5.82 Å². The summed E-state index contributed by atoms with van der Waals surface area (Å²) in [4.78, 5) is 23.7. The molecule has 1 heterocycles. The zero-order valence-electron chi connectivity index (χ0n) is 14.8. The van der Waals surface area contributed by atoms with E-state index in [9.17, 15) is 22.8 Å². The van der Waals surface area contributed by atoms with Gasteiger partial charge < -0.3 is 15.4 Å². The van der Waals surface area contributed by atoms with Crippen molar-refractivity contribution in [1.29, 1.82) is 0 Å². The first-order valence-electron chi connectivity index (χ1n) is 8.06. The average Bonchev–Trinajstić information content (AvgIpc) is 2.90. The Balaban J connectivity index is 2.08. The molecule has 2 N–H and O–H groups in total. The summed E-state index contributed by atoms with van der Waals surface area (Å²) >= 11 is 0. The molecule has 1 aromatic heterocycles. The highest BCUT2D eigenvalue weighted by Crippen LogP contribution is 2.31. The molecule has 0 fully saturated rings. The topological polar surface area (TPSA) is 90.2 Å². The molecule has 0 saturated carbocycles. The molecule has 2 aromatic rings. The summed E-state index contributed by atoms with van der Waals surface area (Å²) in [7, 11) is 2.93. The molecule has 0 aliphatic carbocycles. The van der Waals surface area contributed by atoms with E-state index in [1.165, 1.54) is 26.3 Å². The number of nitrogens with zero attached hydrogens (tertiary/aromatic N) is 3. The Morgan fingerprint density at radius 3 is 2.63 bits per heavy atom. The number of hydrogen-bond acceptors (Lipinski definition) is 4. The molecular weight excluding hydrogens is 367 g/mol.